The molecule has 2 aromatic heterocycles. The number of thioether (sulfide) groups is 1. The number of hydrogen-bond donors (Lipinski definition) is 0. The SMILES string of the molecule is CCCCN(CC)C(=O)CSc1nc2ccsc2c(=O)n1CC(=O)[O-]. The number of aliphatic carboxylic acids is 1. The molecular formula is C16H20N3O4S2-. The van der Waals surface area contributed by atoms with Crippen molar-refractivity contribution in [3.63, 3.8) is 0 Å². The summed E-state index contributed by atoms with van der Waals surface area (Å²) in [5, 5.41) is 12.9. The molecule has 0 bridgehead atoms. The van der Waals surface area contributed by atoms with E-state index in [-0.39, 0.29) is 16.8 Å². The molecule has 0 aliphatic carbocycles. The molecule has 0 fully saturated rings. The van der Waals surface area contributed by atoms with E-state index in [0.717, 1.165) is 29.2 Å². The number of hydrogen-bond acceptors (Lipinski definition) is 7. The fraction of sp³-hybridized carbons (Fsp3) is 0.500. The molecule has 0 saturated heterocycles. The molecule has 0 N–H and O–H groups in total. The molecule has 0 aliphatic rings. The zero-order chi connectivity index (χ0) is 18.4. The lowest BCUT2D eigenvalue weighted by molar-refractivity contribution is -0.306. The molecule has 0 unspecified atom stereocenters. The van der Waals surface area contributed by atoms with Gasteiger partial charge in [0.1, 0.15) is 4.70 Å². The van der Waals surface area contributed by atoms with Crippen LogP contribution in [0, 0.1) is 0 Å². The van der Waals surface area contributed by atoms with Gasteiger partial charge in [0.2, 0.25) is 5.91 Å². The Hall–Kier alpha value is -1.87. The highest BCUT2D eigenvalue weighted by Gasteiger charge is 2.16. The van der Waals surface area contributed by atoms with E-state index in [2.05, 4.69) is 11.9 Å². The van der Waals surface area contributed by atoms with E-state index in [9.17, 15) is 19.5 Å². The third kappa shape index (κ3) is 4.82. The van der Waals surface area contributed by atoms with Crippen LogP contribution in [0.15, 0.2) is 21.4 Å². The molecule has 0 radical (unpaired) electrons. The maximum absolute atomic E-state index is 12.5. The Balaban J connectivity index is 2.23. The summed E-state index contributed by atoms with van der Waals surface area (Å²) >= 11 is 2.29. The average molecular weight is 382 g/mol. The highest BCUT2D eigenvalue weighted by molar-refractivity contribution is 7.99. The molecule has 0 atom stereocenters. The molecule has 1 amide bonds. The summed E-state index contributed by atoms with van der Waals surface area (Å²) in [7, 11) is 0. The lowest BCUT2D eigenvalue weighted by atomic mass is 10.3. The monoisotopic (exact) mass is 382 g/mol. The van der Waals surface area contributed by atoms with Crippen LogP contribution in [0.5, 0.6) is 0 Å². The van der Waals surface area contributed by atoms with Crippen molar-refractivity contribution < 1.29 is 14.7 Å². The summed E-state index contributed by atoms with van der Waals surface area (Å²) in [5.74, 6) is -1.32. The van der Waals surface area contributed by atoms with Crippen LogP contribution in [-0.2, 0) is 16.1 Å². The number of unbranched alkanes of at least 4 members (excludes halogenated alkanes) is 1. The van der Waals surface area contributed by atoms with Gasteiger partial charge in [0.25, 0.3) is 5.56 Å². The zero-order valence-electron chi connectivity index (χ0n) is 14.2. The van der Waals surface area contributed by atoms with Gasteiger partial charge >= 0.3 is 0 Å². The largest absolute Gasteiger partial charge is 0.548 e. The van der Waals surface area contributed by atoms with E-state index in [1.54, 1.807) is 16.3 Å². The van der Waals surface area contributed by atoms with Crippen molar-refractivity contribution in [2.75, 3.05) is 18.8 Å². The Kier molecular flexibility index (Phi) is 7.01. The van der Waals surface area contributed by atoms with Gasteiger partial charge < -0.3 is 14.8 Å². The molecule has 9 heteroatoms. The van der Waals surface area contributed by atoms with Gasteiger partial charge in [-0.15, -0.1) is 11.3 Å². The van der Waals surface area contributed by atoms with Crippen LogP contribution in [0.1, 0.15) is 26.7 Å². The number of carbonyl (C=O) groups excluding carboxylic acids is 2. The van der Waals surface area contributed by atoms with Crippen molar-refractivity contribution in [3.8, 4) is 0 Å². The highest BCUT2D eigenvalue weighted by Crippen LogP contribution is 2.21. The molecule has 7 nitrogen and oxygen atoms in total. The molecule has 2 heterocycles. The van der Waals surface area contributed by atoms with Gasteiger partial charge in [-0.25, -0.2) is 4.98 Å². The van der Waals surface area contributed by atoms with E-state index in [4.69, 9.17) is 0 Å². The number of nitrogens with zero attached hydrogens (tertiary/aromatic N) is 3. The van der Waals surface area contributed by atoms with E-state index in [1.165, 1.54) is 11.3 Å². The zero-order valence-corrected chi connectivity index (χ0v) is 15.8. The van der Waals surface area contributed by atoms with Crippen LogP contribution in [-0.4, -0.2) is 45.2 Å². The fourth-order valence-electron chi connectivity index (χ4n) is 2.33. The number of fused-ring (bicyclic) bond motifs is 1. The van der Waals surface area contributed by atoms with Crippen LogP contribution in [0.4, 0.5) is 0 Å². The predicted octanol–water partition coefficient (Wildman–Crippen LogP) is 0.949. The highest BCUT2D eigenvalue weighted by atomic mass is 32.2. The van der Waals surface area contributed by atoms with Crippen molar-refractivity contribution in [3.05, 3.63) is 21.8 Å². The fourth-order valence-corrected chi connectivity index (χ4v) is 4.01. The Morgan fingerprint density at radius 3 is 2.80 bits per heavy atom. The topological polar surface area (TPSA) is 95.3 Å². The molecule has 0 aliphatic heterocycles. The Morgan fingerprint density at radius 1 is 1.40 bits per heavy atom. The number of carboxylic acids is 1. The number of carboxylic acid groups (broad SMARTS) is 1. The molecule has 0 aromatic carbocycles. The van der Waals surface area contributed by atoms with E-state index < -0.39 is 18.1 Å². The quantitative estimate of drug-likeness (QED) is 0.473. The second kappa shape index (κ2) is 9.00. The first-order valence-electron chi connectivity index (χ1n) is 8.06. The Labute approximate surface area is 153 Å². The third-order valence-electron chi connectivity index (χ3n) is 3.66. The molecule has 0 saturated carbocycles. The normalized spacial score (nSPS) is 11.0. The average Bonchev–Trinajstić information content (AvgIpc) is 3.05. The number of rotatable bonds is 9. The number of aromatic nitrogens is 2. The van der Waals surface area contributed by atoms with Gasteiger partial charge in [0.15, 0.2) is 5.16 Å². The molecule has 25 heavy (non-hydrogen) atoms. The van der Waals surface area contributed by atoms with Crippen LogP contribution >= 0.6 is 23.1 Å². The van der Waals surface area contributed by atoms with Gasteiger partial charge in [0, 0.05) is 13.1 Å². The van der Waals surface area contributed by atoms with Crippen LogP contribution < -0.4 is 10.7 Å². The van der Waals surface area contributed by atoms with Gasteiger partial charge in [-0.2, -0.15) is 0 Å². The van der Waals surface area contributed by atoms with Gasteiger partial charge in [-0.3, -0.25) is 14.2 Å². The number of thiophene rings is 1. The smallest absolute Gasteiger partial charge is 0.272 e. The summed E-state index contributed by atoms with van der Waals surface area (Å²) < 4.78 is 1.46. The lowest BCUT2D eigenvalue weighted by Crippen LogP contribution is -2.35. The van der Waals surface area contributed by atoms with E-state index >= 15 is 0 Å². The number of carbonyl (C=O) groups is 2. The predicted molar refractivity (Wildman–Crippen MR) is 96.8 cm³/mol. The summed E-state index contributed by atoms with van der Waals surface area (Å²) in [6, 6.07) is 1.70. The second-order valence-corrected chi connectivity index (χ2v) is 7.27. The minimum Gasteiger partial charge on any atom is -0.548 e. The second-order valence-electron chi connectivity index (χ2n) is 5.41. The maximum Gasteiger partial charge on any atom is 0.272 e. The van der Waals surface area contributed by atoms with Crippen LogP contribution in [0.3, 0.4) is 0 Å². The Morgan fingerprint density at radius 2 is 2.16 bits per heavy atom. The third-order valence-corrected chi connectivity index (χ3v) is 5.51. The molecule has 2 aromatic rings. The molecule has 2 rings (SSSR count). The molecule has 0 spiro atoms. The number of amides is 1. The van der Waals surface area contributed by atoms with Gasteiger partial charge in [-0.1, -0.05) is 25.1 Å². The van der Waals surface area contributed by atoms with Crippen molar-refractivity contribution in [1.82, 2.24) is 14.5 Å². The van der Waals surface area contributed by atoms with Crippen molar-refractivity contribution in [1.29, 1.82) is 0 Å². The molecular weight excluding hydrogens is 362 g/mol. The minimum atomic E-state index is -1.37. The van der Waals surface area contributed by atoms with Crippen molar-refractivity contribution >= 4 is 45.2 Å². The summed E-state index contributed by atoms with van der Waals surface area (Å²) in [6.45, 7) is 4.70. The van der Waals surface area contributed by atoms with Crippen molar-refractivity contribution in [2.45, 2.75) is 38.4 Å². The first-order chi connectivity index (χ1) is 12.0. The minimum absolute atomic E-state index is 0.0550. The molecule has 136 valence electrons. The lowest BCUT2D eigenvalue weighted by Gasteiger charge is -2.20. The van der Waals surface area contributed by atoms with Crippen molar-refractivity contribution in [2.24, 2.45) is 0 Å². The van der Waals surface area contributed by atoms with Gasteiger partial charge in [0.05, 0.1) is 23.8 Å². The van der Waals surface area contributed by atoms with E-state index in [0.29, 0.717) is 23.3 Å². The summed E-state index contributed by atoms with van der Waals surface area (Å²) in [6.07, 6.45) is 1.93. The summed E-state index contributed by atoms with van der Waals surface area (Å²) in [4.78, 5) is 41.9. The first-order valence-corrected chi connectivity index (χ1v) is 9.92. The Bertz CT molecular complexity index is 815. The van der Waals surface area contributed by atoms with E-state index in [1.807, 2.05) is 6.92 Å². The van der Waals surface area contributed by atoms with Crippen LogP contribution in [0.25, 0.3) is 10.2 Å². The standard InChI is InChI=1S/C16H21N3O4S2/c1-3-5-7-18(4-2)12(20)10-25-16-17-11-6-8-24-14(11)15(23)19(16)9-13(21)22/h6,8H,3-5,7,9-10H2,1-2H3,(H,21,22)/p-1. The maximum atomic E-state index is 12.5. The summed E-state index contributed by atoms with van der Waals surface area (Å²) in [5.41, 5.74) is 0.0929. The van der Waals surface area contributed by atoms with Gasteiger partial charge in [-0.05, 0) is 24.8 Å². The van der Waals surface area contributed by atoms with Crippen LogP contribution in [0.2, 0.25) is 0 Å². The first kappa shape index (κ1) is 19.5.